The van der Waals surface area contributed by atoms with Crippen molar-refractivity contribution in [3.8, 4) is 11.3 Å². The fraction of sp³-hybridized carbons (Fsp3) is 0.389. The molecule has 1 aliphatic heterocycles. The molecule has 1 aromatic carbocycles. The molecule has 138 valence electrons. The average molecular weight is 360 g/mol. The van der Waals surface area contributed by atoms with E-state index in [-0.39, 0.29) is 17.4 Å². The van der Waals surface area contributed by atoms with Gasteiger partial charge in [-0.25, -0.2) is 9.18 Å². The second kappa shape index (κ2) is 8.20. The number of aryl methyl sites for hydroxylation is 1. The standard InChI is InChI=1S/C18H21FN4O3/c1-12-10-13(2-3-14(12)19)15-11-16(22-18(25)21-15)17(24)20-4-5-23-6-8-26-9-7-23/h2-3,10-11H,4-9H2,1H3,(H,20,24)(H,21,22,25). The van der Waals surface area contributed by atoms with Crippen LogP contribution in [0.1, 0.15) is 16.1 Å². The van der Waals surface area contributed by atoms with E-state index in [1.807, 2.05) is 0 Å². The minimum atomic E-state index is -0.622. The normalized spacial score (nSPS) is 15.0. The summed E-state index contributed by atoms with van der Waals surface area (Å²) in [6.45, 7) is 5.90. The molecule has 0 bridgehead atoms. The van der Waals surface area contributed by atoms with Gasteiger partial charge in [-0.3, -0.25) is 9.69 Å². The Kier molecular flexibility index (Phi) is 5.75. The molecule has 2 heterocycles. The summed E-state index contributed by atoms with van der Waals surface area (Å²) in [6, 6.07) is 5.94. The van der Waals surface area contributed by atoms with Crippen molar-refractivity contribution in [3.05, 3.63) is 51.8 Å². The van der Waals surface area contributed by atoms with E-state index in [0.29, 0.717) is 43.1 Å². The van der Waals surface area contributed by atoms with Crippen molar-refractivity contribution in [3.63, 3.8) is 0 Å². The fourth-order valence-corrected chi connectivity index (χ4v) is 2.78. The first-order valence-electron chi connectivity index (χ1n) is 8.49. The molecule has 0 radical (unpaired) electrons. The number of hydrogen-bond acceptors (Lipinski definition) is 5. The average Bonchev–Trinajstić information content (AvgIpc) is 2.64. The van der Waals surface area contributed by atoms with Gasteiger partial charge in [0.2, 0.25) is 0 Å². The van der Waals surface area contributed by atoms with Crippen LogP contribution in [-0.2, 0) is 4.74 Å². The van der Waals surface area contributed by atoms with Gasteiger partial charge in [0.15, 0.2) is 0 Å². The molecule has 1 fully saturated rings. The molecule has 26 heavy (non-hydrogen) atoms. The molecule has 1 aliphatic rings. The maximum atomic E-state index is 13.4. The van der Waals surface area contributed by atoms with Crippen molar-refractivity contribution in [2.75, 3.05) is 39.4 Å². The smallest absolute Gasteiger partial charge is 0.346 e. The van der Waals surface area contributed by atoms with Crippen LogP contribution in [0.2, 0.25) is 0 Å². The summed E-state index contributed by atoms with van der Waals surface area (Å²) in [7, 11) is 0. The SMILES string of the molecule is Cc1cc(-c2cc(C(=O)NCCN3CCOCC3)[nH]c(=O)n2)ccc1F. The lowest BCUT2D eigenvalue weighted by Gasteiger charge is -2.26. The lowest BCUT2D eigenvalue weighted by molar-refractivity contribution is 0.0383. The molecule has 1 aromatic heterocycles. The van der Waals surface area contributed by atoms with Crippen molar-refractivity contribution >= 4 is 5.91 Å². The summed E-state index contributed by atoms with van der Waals surface area (Å²) < 4.78 is 18.7. The van der Waals surface area contributed by atoms with Gasteiger partial charge in [0, 0.05) is 31.7 Å². The van der Waals surface area contributed by atoms with Gasteiger partial charge < -0.3 is 15.0 Å². The zero-order valence-electron chi connectivity index (χ0n) is 14.5. The van der Waals surface area contributed by atoms with E-state index in [1.54, 1.807) is 13.0 Å². The third-order valence-electron chi connectivity index (χ3n) is 4.26. The number of amides is 1. The second-order valence-electron chi connectivity index (χ2n) is 6.16. The van der Waals surface area contributed by atoms with Crippen molar-refractivity contribution in [1.82, 2.24) is 20.2 Å². The monoisotopic (exact) mass is 360 g/mol. The predicted molar refractivity (Wildman–Crippen MR) is 94.6 cm³/mol. The van der Waals surface area contributed by atoms with E-state index < -0.39 is 5.69 Å². The Hall–Kier alpha value is -2.58. The largest absolute Gasteiger partial charge is 0.379 e. The number of halogens is 1. The number of carbonyl (C=O) groups is 1. The molecule has 0 aliphatic carbocycles. The van der Waals surface area contributed by atoms with Crippen molar-refractivity contribution in [1.29, 1.82) is 0 Å². The third-order valence-corrected chi connectivity index (χ3v) is 4.26. The van der Waals surface area contributed by atoms with Crippen LogP contribution in [0.4, 0.5) is 4.39 Å². The quantitative estimate of drug-likeness (QED) is 0.829. The van der Waals surface area contributed by atoms with Crippen molar-refractivity contribution < 1.29 is 13.9 Å². The Bertz CT molecular complexity index is 847. The summed E-state index contributed by atoms with van der Waals surface area (Å²) >= 11 is 0. The first kappa shape index (κ1) is 18.2. The summed E-state index contributed by atoms with van der Waals surface area (Å²) in [5.41, 5.74) is 0.861. The number of H-pyrrole nitrogens is 1. The van der Waals surface area contributed by atoms with E-state index in [9.17, 15) is 14.0 Å². The lowest BCUT2D eigenvalue weighted by atomic mass is 10.1. The van der Waals surface area contributed by atoms with E-state index in [4.69, 9.17) is 4.74 Å². The van der Waals surface area contributed by atoms with Crippen molar-refractivity contribution in [2.45, 2.75) is 6.92 Å². The molecule has 0 unspecified atom stereocenters. The Morgan fingerprint density at radius 3 is 2.85 bits per heavy atom. The molecule has 0 saturated carbocycles. The molecule has 2 N–H and O–H groups in total. The fourth-order valence-electron chi connectivity index (χ4n) is 2.78. The molecule has 3 rings (SSSR count). The van der Waals surface area contributed by atoms with E-state index in [0.717, 1.165) is 13.1 Å². The Morgan fingerprint density at radius 1 is 1.35 bits per heavy atom. The number of nitrogens with one attached hydrogen (secondary N) is 2. The number of aromatic amines is 1. The highest BCUT2D eigenvalue weighted by Crippen LogP contribution is 2.19. The Labute approximate surface area is 150 Å². The lowest BCUT2D eigenvalue weighted by Crippen LogP contribution is -2.41. The van der Waals surface area contributed by atoms with E-state index in [1.165, 1.54) is 18.2 Å². The zero-order valence-corrected chi connectivity index (χ0v) is 14.5. The van der Waals surface area contributed by atoms with Crippen LogP contribution < -0.4 is 11.0 Å². The summed E-state index contributed by atoms with van der Waals surface area (Å²) in [5, 5.41) is 2.79. The third kappa shape index (κ3) is 4.53. The maximum Gasteiger partial charge on any atom is 0.346 e. The summed E-state index contributed by atoms with van der Waals surface area (Å²) in [4.78, 5) is 32.7. The van der Waals surface area contributed by atoms with Crippen LogP contribution in [0.3, 0.4) is 0 Å². The number of aromatic nitrogens is 2. The minimum absolute atomic E-state index is 0.129. The van der Waals surface area contributed by atoms with Gasteiger partial charge in [-0.05, 0) is 36.8 Å². The topological polar surface area (TPSA) is 87.3 Å². The number of nitrogens with zero attached hydrogens (tertiary/aromatic N) is 2. The zero-order chi connectivity index (χ0) is 18.5. The van der Waals surface area contributed by atoms with Gasteiger partial charge in [0.1, 0.15) is 11.5 Å². The van der Waals surface area contributed by atoms with Crippen LogP contribution >= 0.6 is 0 Å². The molecule has 1 saturated heterocycles. The van der Waals surface area contributed by atoms with Crippen molar-refractivity contribution in [2.24, 2.45) is 0 Å². The number of hydrogen-bond donors (Lipinski definition) is 2. The minimum Gasteiger partial charge on any atom is -0.379 e. The van der Waals surface area contributed by atoms with Gasteiger partial charge in [0.05, 0.1) is 18.9 Å². The van der Waals surface area contributed by atoms with Gasteiger partial charge >= 0.3 is 5.69 Å². The van der Waals surface area contributed by atoms with Gasteiger partial charge in [-0.15, -0.1) is 0 Å². The number of carbonyl (C=O) groups excluding carboxylic acids is 1. The molecule has 0 spiro atoms. The molecule has 0 atom stereocenters. The second-order valence-corrected chi connectivity index (χ2v) is 6.16. The highest BCUT2D eigenvalue weighted by Gasteiger charge is 2.13. The molecule has 8 heteroatoms. The van der Waals surface area contributed by atoms with Gasteiger partial charge in [-0.2, -0.15) is 4.98 Å². The Morgan fingerprint density at radius 2 is 2.12 bits per heavy atom. The summed E-state index contributed by atoms with van der Waals surface area (Å²) in [6.07, 6.45) is 0. The van der Waals surface area contributed by atoms with Crippen LogP contribution in [0.5, 0.6) is 0 Å². The molecule has 2 aromatic rings. The van der Waals surface area contributed by atoms with Gasteiger partial charge in [-0.1, -0.05) is 0 Å². The number of ether oxygens (including phenoxy) is 1. The van der Waals surface area contributed by atoms with Crippen LogP contribution in [0.15, 0.2) is 29.1 Å². The highest BCUT2D eigenvalue weighted by molar-refractivity contribution is 5.93. The molecular weight excluding hydrogens is 339 g/mol. The molecule has 7 nitrogen and oxygen atoms in total. The first-order chi connectivity index (χ1) is 12.5. The first-order valence-corrected chi connectivity index (χ1v) is 8.49. The van der Waals surface area contributed by atoms with E-state index >= 15 is 0 Å². The molecular formula is C18H21FN4O3. The van der Waals surface area contributed by atoms with Crippen LogP contribution in [0.25, 0.3) is 11.3 Å². The number of benzene rings is 1. The number of rotatable bonds is 5. The molecule has 1 amide bonds. The number of morpholine rings is 1. The van der Waals surface area contributed by atoms with Gasteiger partial charge in [0.25, 0.3) is 5.91 Å². The summed E-state index contributed by atoms with van der Waals surface area (Å²) in [5.74, 6) is -0.711. The maximum absolute atomic E-state index is 13.4. The van der Waals surface area contributed by atoms with Crippen LogP contribution in [0, 0.1) is 12.7 Å². The predicted octanol–water partition coefficient (Wildman–Crippen LogP) is 0.946. The van der Waals surface area contributed by atoms with Crippen LogP contribution in [-0.4, -0.2) is 60.2 Å². The Balaban J connectivity index is 1.69. The highest BCUT2D eigenvalue weighted by atomic mass is 19.1. The van der Waals surface area contributed by atoms with E-state index in [2.05, 4.69) is 20.2 Å².